The topological polar surface area (TPSA) is 96.4 Å². The number of halogens is 1. The summed E-state index contributed by atoms with van der Waals surface area (Å²) in [6, 6.07) is 0. The van der Waals surface area contributed by atoms with Gasteiger partial charge in [0.1, 0.15) is 12.3 Å². The SMILES string of the molecule is CC1CC[C@@H](C(C)C)C(OC(=O)[C@@H]2O[C@H](n3cc(F)c(N)nc3=O)CS2)C1. The molecule has 2 unspecified atom stereocenters. The Bertz CT molecular complexity index is 757. The van der Waals surface area contributed by atoms with Crippen LogP contribution in [0.5, 0.6) is 0 Å². The van der Waals surface area contributed by atoms with Gasteiger partial charge in [-0.2, -0.15) is 4.98 Å². The number of ether oxygens (including phenoxy) is 2. The van der Waals surface area contributed by atoms with Crippen LogP contribution in [0, 0.1) is 23.6 Å². The Labute approximate surface area is 161 Å². The molecule has 0 aromatic carbocycles. The van der Waals surface area contributed by atoms with Crippen molar-refractivity contribution >= 4 is 23.5 Å². The molecule has 2 N–H and O–H groups in total. The fourth-order valence-corrected chi connectivity index (χ4v) is 4.76. The Morgan fingerprint density at radius 3 is 2.93 bits per heavy atom. The van der Waals surface area contributed by atoms with Crippen LogP contribution in [0.3, 0.4) is 0 Å². The molecule has 1 saturated carbocycles. The van der Waals surface area contributed by atoms with Crippen molar-refractivity contribution in [1.29, 1.82) is 0 Å². The number of nitrogens with zero attached hydrogens (tertiary/aromatic N) is 2. The van der Waals surface area contributed by atoms with Gasteiger partial charge in [-0.15, -0.1) is 11.8 Å². The smallest absolute Gasteiger partial charge is 0.351 e. The number of carbonyl (C=O) groups excluding carboxylic acids is 1. The van der Waals surface area contributed by atoms with Crippen molar-refractivity contribution in [1.82, 2.24) is 9.55 Å². The largest absolute Gasteiger partial charge is 0.459 e. The van der Waals surface area contributed by atoms with E-state index >= 15 is 0 Å². The molecule has 2 heterocycles. The van der Waals surface area contributed by atoms with Gasteiger partial charge in [0.2, 0.25) is 5.44 Å². The Morgan fingerprint density at radius 1 is 1.48 bits per heavy atom. The number of carbonyl (C=O) groups is 1. The summed E-state index contributed by atoms with van der Waals surface area (Å²) in [4.78, 5) is 28.0. The lowest BCUT2D eigenvalue weighted by Crippen LogP contribution is -2.38. The maximum absolute atomic E-state index is 13.6. The van der Waals surface area contributed by atoms with Crippen LogP contribution in [0.4, 0.5) is 10.2 Å². The molecule has 1 aromatic heterocycles. The number of rotatable bonds is 4. The number of anilines is 1. The third-order valence-electron chi connectivity index (χ3n) is 5.34. The molecule has 150 valence electrons. The molecule has 5 atom stereocenters. The summed E-state index contributed by atoms with van der Waals surface area (Å²) in [6.07, 6.45) is 3.09. The normalized spacial score (nSPS) is 31.2. The lowest BCUT2D eigenvalue weighted by molar-refractivity contribution is -0.166. The Kier molecular flexibility index (Phi) is 6.10. The van der Waals surface area contributed by atoms with Crippen LogP contribution in [-0.2, 0) is 14.3 Å². The van der Waals surface area contributed by atoms with Crippen LogP contribution >= 0.6 is 11.8 Å². The fraction of sp³-hybridized carbons (Fsp3) is 0.722. The highest BCUT2D eigenvalue weighted by atomic mass is 32.2. The molecule has 3 rings (SSSR count). The third kappa shape index (κ3) is 4.45. The summed E-state index contributed by atoms with van der Waals surface area (Å²) in [7, 11) is 0. The van der Waals surface area contributed by atoms with Crippen molar-refractivity contribution < 1.29 is 18.7 Å². The minimum absolute atomic E-state index is 0.122. The number of hydrogen-bond donors (Lipinski definition) is 1. The summed E-state index contributed by atoms with van der Waals surface area (Å²) in [6.45, 7) is 6.46. The first-order chi connectivity index (χ1) is 12.8. The van der Waals surface area contributed by atoms with Gasteiger partial charge in [0.25, 0.3) is 0 Å². The van der Waals surface area contributed by atoms with Gasteiger partial charge in [-0.1, -0.05) is 27.2 Å². The van der Waals surface area contributed by atoms with Crippen LogP contribution in [-0.4, -0.2) is 32.8 Å². The fourth-order valence-electron chi connectivity index (χ4n) is 3.78. The number of nitrogen functional groups attached to an aromatic ring is 1. The average Bonchev–Trinajstić information content (AvgIpc) is 3.08. The minimum Gasteiger partial charge on any atom is -0.459 e. The summed E-state index contributed by atoms with van der Waals surface area (Å²) >= 11 is 1.23. The van der Waals surface area contributed by atoms with E-state index in [2.05, 4.69) is 25.8 Å². The van der Waals surface area contributed by atoms with Crippen LogP contribution in [0.15, 0.2) is 11.0 Å². The molecule has 2 aliphatic rings. The van der Waals surface area contributed by atoms with Crippen molar-refractivity contribution in [3.8, 4) is 0 Å². The first-order valence-corrected chi connectivity index (χ1v) is 10.3. The van der Waals surface area contributed by atoms with Crippen molar-refractivity contribution in [3.63, 3.8) is 0 Å². The highest BCUT2D eigenvalue weighted by Crippen LogP contribution is 2.37. The van der Waals surface area contributed by atoms with Gasteiger partial charge in [-0.3, -0.25) is 4.57 Å². The molecule has 1 aliphatic carbocycles. The molecular weight excluding hydrogens is 373 g/mol. The van der Waals surface area contributed by atoms with Crippen LogP contribution < -0.4 is 11.4 Å². The predicted octanol–water partition coefficient (Wildman–Crippen LogP) is 2.56. The van der Waals surface area contributed by atoms with E-state index < -0.39 is 35.0 Å². The van der Waals surface area contributed by atoms with Gasteiger partial charge in [0, 0.05) is 5.75 Å². The number of aromatic nitrogens is 2. The van der Waals surface area contributed by atoms with E-state index in [1.165, 1.54) is 11.8 Å². The average molecular weight is 399 g/mol. The maximum atomic E-state index is 13.6. The second-order valence-electron chi connectivity index (χ2n) is 7.72. The molecule has 9 heteroatoms. The van der Waals surface area contributed by atoms with E-state index in [1.54, 1.807) is 0 Å². The zero-order valence-electron chi connectivity index (χ0n) is 15.8. The molecule has 27 heavy (non-hydrogen) atoms. The number of esters is 1. The lowest BCUT2D eigenvalue weighted by Gasteiger charge is -2.37. The number of nitrogens with two attached hydrogens (primary N) is 1. The quantitative estimate of drug-likeness (QED) is 0.777. The number of thioether (sulfide) groups is 1. The molecule has 1 aromatic rings. The van der Waals surface area contributed by atoms with Gasteiger partial charge in [-0.05, 0) is 30.6 Å². The maximum Gasteiger partial charge on any atom is 0.351 e. The molecule has 0 bridgehead atoms. The second kappa shape index (κ2) is 8.18. The van der Waals surface area contributed by atoms with E-state index in [4.69, 9.17) is 15.2 Å². The third-order valence-corrected chi connectivity index (χ3v) is 6.42. The monoisotopic (exact) mass is 399 g/mol. The van der Waals surface area contributed by atoms with Gasteiger partial charge in [0.15, 0.2) is 11.6 Å². The zero-order chi connectivity index (χ0) is 19.7. The van der Waals surface area contributed by atoms with Gasteiger partial charge in [-0.25, -0.2) is 14.0 Å². The summed E-state index contributed by atoms with van der Waals surface area (Å²) in [5.41, 5.74) is 3.74. The van der Waals surface area contributed by atoms with Crippen molar-refractivity contribution in [2.24, 2.45) is 17.8 Å². The van der Waals surface area contributed by atoms with Crippen LogP contribution in [0.1, 0.15) is 46.3 Å². The van der Waals surface area contributed by atoms with Crippen molar-refractivity contribution in [3.05, 3.63) is 22.5 Å². The van der Waals surface area contributed by atoms with Crippen molar-refractivity contribution in [2.45, 2.75) is 57.8 Å². The van der Waals surface area contributed by atoms with E-state index in [9.17, 15) is 14.0 Å². The summed E-state index contributed by atoms with van der Waals surface area (Å²) in [5.74, 6) is -0.0872. The Hall–Kier alpha value is -1.61. The molecule has 7 nitrogen and oxygen atoms in total. The van der Waals surface area contributed by atoms with E-state index in [0.717, 1.165) is 30.0 Å². The first-order valence-electron chi connectivity index (χ1n) is 9.28. The molecule has 0 amide bonds. The standard InChI is InChI=1S/C18H26FN3O4S/c1-9(2)11-5-4-10(3)6-13(11)25-16(23)17-26-14(8-27-17)22-7-12(19)15(20)21-18(22)24/h7,9-11,13-14,17H,4-6,8H2,1-3H3,(H2,20,21,24)/t10?,11-,13?,14-,17+/m0/s1. The van der Waals surface area contributed by atoms with Gasteiger partial charge in [0.05, 0.1) is 6.20 Å². The first kappa shape index (κ1) is 20.1. The van der Waals surface area contributed by atoms with E-state index in [1.807, 2.05) is 0 Å². The minimum atomic E-state index is -0.840. The second-order valence-corrected chi connectivity index (χ2v) is 8.82. The van der Waals surface area contributed by atoms with Gasteiger partial charge < -0.3 is 15.2 Å². The molecule has 0 spiro atoms. The predicted molar refractivity (Wildman–Crippen MR) is 100 cm³/mol. The van der Waals surface area contributed by atoms with Gasteiger partial charge >= 0.3 is 11.7 Å². The number of hydrogen-bond acceptors (Lipinski definition) is 7. The highest BCUT2D eigenvalue weighted by Gasteiger charge is 2.39. The molecule has 0 radical (unpaired) electrons. The molecule has 1 aliphatic heterocycles. The zero-order valence-corrected chi connectivity index (χ0v) is 16.6. The Morgan fingerprint density at radius 2 is 2.22 bits per heavy atom. The highest BCUT2D eigenvalue weighted by molar-refractivity contribution is 8.00. The van der Waals surface area contributed by atoms with E-state index in [0.29, 0.717) is 23.5 Å². The Balaban J connectivity index is 1.65. The molecular formula is C18H26FN3O4S. The lowest BCUT2D eigenvalue weighted by atomic mass is 9.75. The molecule has 2 fully saturated rings. The van der Waals surface area contributed by atoms with Crippen LogP contribution in [0.25, 0.3) is 0 Å². The summed E-state index contributed by atoms with van der Waals surface area (Å²) in [5, 5.41) is 0. The van der Waals surface area contributed by atoms with Crippen LogP contribution in [0.2, 0.25) is 0 Å². The summed E-state index contributed by atoms with van der Waals surface area (Å²) < 4.78 is 26.1. The van der Waals surface area contributed by atoms with E-state index in [-0.39, 0.29) is 6.10 Å². The van der Waals surface area contributed by atoms with Crippen molar-refractivity contribution in [2.75, 3.05) is 11.5 Å². The molecule has 1 saturated heterocycles.